The summed E-state index contributed by atoms with van der Waals surface area (Å²) in [7, 11) is 1.35. The first-order valence-corrected chi connectivity index (χ1v) is 12.9. The minimum atomic E-state index is -0.472. The Balaban J connectivity index is 1.69. The van der Waals surface area contributed by atoms with E-state index in [9.17, 15) is 9.59 Å². The number of carbonyl (C=O) groups excluding carboxylic acids is 2. The average Bonchev–Trinajstić information content (AvgIpc) is 3.16. The lowest BCUT2D eigenvalue weighted by Crippen LogP contribution is -2.49. The quantitative estimate of drug-likeness (QED) is 0.451. The number of carbonyl (C=O) groups is 2. The zero-order chi connectivity index (χ0) is 24.8. The van der Waals surface area contributed by atoms with E-state index in [1.807, 2.05) is 13.8 Å². The largest absolute Gasteiger partial charge is 0.465 e. The molecule has 0 radical (unpaired) electrons. The molecule has 3 rings (SSSR count). The van der Waals surface area contributed by atoms with E-state index in [4.69, 9.17) is 17.0 Å². The Bertz CT molecular complexity index is 1020. The maximum atomic E-state index is 13.0. The summed E-state index contributed by atoms with van der Waals surface area (Å²) in [6, 6.07) is 8.65. The first-order valence-electron chi connectivity index (χ1n) is 11.6. The molecule has 1 saturated heterocycles. The van der Waals surface area contributed by atoms with Gasteiger partial charge in [0.15, 0.2) is 5.11 Å². The number of thiocarbonyl (C=S) groups is 1. The summed E-state index contributed by atoms with van der Waals surface area (Å²) in [4.78, 5) is 32.4. The fourth-order valence-electron chi connectivity index (χ4n) is 4.04. The molecule has 1 fully saturated rings. The zero-order valence-corrected chi connectivity index (χ0v) is 22.3. The second-order valence-corrected chi connectivity index (χ2v) is 9.82. The molecule has 1 aromatic carbocycles. The molecule has 1 aliphatic heterocycles. The van der Waals surface area contributed by atoms with Crippen LogP contribution in [0.3, 0.4) is 0 Å². The number of ether oxygens (including phenoxy) is 1. The van der Waals surface area contributed by atoms with Crippen LogP contribution in [-0.4, -0.2) is 78.1 Å². The number of methoxy groups -OCH3 is 1. The van der Waals surface area contributed by atoms with Crippen molar-refractivity contribution in [3.8, 4) is 0 Å². The molecule has 0 aliphatic carbocycles. The first kappa shape index (κ1) is 26.1. The number of benzene rings is 1. The van der Waals surface area contributed by atoms with Crippen molar-refractivity contribution < 1.29 is 14.3 Å². The molecule has 1 aliphatic rings. The van der Waals surface area contributed by atoms with E-state index >= 15 is 0 Å². The van der Waals surface area contributed by atoms with Crippen molar-refractivity contribution >= 4 is 45.5 Å². The number of nitrogens with zero attached hydrogens (tertiary/aromatic N) is 3. The van der Waals surface area contributed by atoms with Crippen LogP contribution in [-0.2, 0) is 11.3 Å². The standard InChI is InChI=1S/C25H34N4O3S2/c1-6-28(7-2)23(30)21-18(4)20(24(31)32-5)22(34-21)26-25(33)29-14-12-27(13-15-29)16-19-10-8-17(3)9-11-19/h8-11H,6-7,12-16H2,1-5H3,(H,26,33). The van der Waals surface area contributed by atoms with Gasteiger partial charge in [0.1, 0.15) is 5.00 Å². The molecule has 0 spiro atoms. The van der Waals surface area contributed by atoms with Gasteiger partial charge in [-0.3, -0.25) is 9.69 Å². The van der Waals surface area contributed by atoms with Crippen molar-refractivity contribution in [2.45, 2.75) is 34.2 Å². The third-order valence-electron chi connectivity index (χ3n) is 6.19. The fourth-order valence-corrected chi connectivity index (χ4v) is 5.56. The topological polar surface area (TPSA) is 65.1 Å². The predicted octanol–water partition coefficient (Wildman–Crippen LogP) is 4.15. The highest BCUT2D eigenvalue weighted by molar-refractivity contribution is 7.80. The summed E-state index contributed by atoms with van der Waals surface area (Å²) in [5, 5.41) is 4.36. The van der Waals surface area contributed by atoms with Gasteiger partial charge in [-0.25, -0.2) is 4.79 Å². The van der Waals surface area contributed by atoms with Gasteiger partial charge in [0.2, 0.25) is 0 Å². The van der Waals surface area contributed by atoms with Crippen molar-refractivity contribution in [2.75, 3.05) is 51.7 Å². The van der Waals surface area contributed by atoms with Gasteiger partial charge in [-0.1, -0.05) is 29.8 Å². The highest BCUT2D eigenvalue weighted by Gasteiger charge is 2.28. The van der Waals surface area contributed by atoms with Gasteiger partial charge < -0.3 is 19.9 Å². The van der Waals surface area contributed by atoms with Crippen LogP contribution < -0.4 is 5.32 Å². The van der Waals surface area contributed by atoms with Crippen LogP contribution in [0.25, 0.3) is 0 Å². The van der Waals surface area contributed by atoms with Crippen LogP contribution in [0, 0.1) is 13.8 Å². The van der Waals surface area contributed by atoms with Crippen LogP contribution in [0.5, 0.6) is 0 Å². The molecule has 7 nitrogen and oxygen atoms in total. The highest BCUT2D eigenvalue weighted by atomic mass is 32.1. The molecular formula is C25H34N4O3S2. The van der Waals surface area contributed by atoms with Gasteiger partial charge in [-0.2, -0.15) is 0 Å². The molecule has 9 heteroatoms. The average molecular weight is 503 g/mol. The number of hydrogen-bond donors (Lipinski definition) is 1. The normalized spacial score (nSPS) is 14.1. The van der Waals surface area contributed by atoms with Crippen LogP contribution in [0.2, 0.25) is 0 Å². The first-order chi connectivity index (χ1) is 16.3. The molecule has 184 valence electrons. The van der Waals surface area contributed by atoms with E-state index in [1.165, 1.54) is 29.6 Å². The Morgan fingerprint density at radius 3 is 2.26 bits per heavy atom. The maximum absolute atomic E-state index is 13.0. The fraction of sp³-hybridized carbons (Fsp3) is 0.480. The van der Waals surface area contributed by atoms with Crippen LogP contribution in [0.1, 0.15) is 50.6 Å². The molecule has 34 heavy (non-hydrogen) atoms. The van der Waals surface area contributed by atoms with E-state index in [-0.39, 0.29) is 5.91 Å². The van der Waals surface area contributed by atoms with Crippen LogP contribution >= 0.6 is 23.6 Å². The van der Waals surface area contributed by atoms with Gasteiger partial charge in [0, 0.05) is 45.8 Å². The molecule has 1 N–H and O–H groups in total. The number of esters is 1. The maximum Gasteiger partial charge on any atom is 0.341 e. The number of hydrogen-bond acceptors (Lipinski definition) is 6. The van der Waals surface area contributed by atoms with Gasteiger partial charge in [0.25, 0.3) is 5.91 Å². The van der Waals surface area contributed by atoms with E-state index in [0.29, 0.717) is 39.2 Å². The third kappa shape index (κ3) is 5.95. The Morgan fingerprint density at radius 2 is 1.71 bits per heavy atom. The lowest BCUT2D eigenvalue weighted by atomic mass is 10.1. The number of thiophene rings is 1. The third-order valence-corrected chi connectivity index (χ3v) is 7.74. The highest BCUT2D eigenvalue weighted by Crippen LogP contribution is 2.35. The minimum Gasteiger partial charge on any atom is -0.465 e. The van der Waals surface area contributed by atoms with Crippen molar-refractivity contribution in [1.82, 2.24) is 14.7 Å². The van der Waals surface area contributed by atoms with E-state index in [0.717, 1.165) is 32.7 Å². The van der Waals surface area contributed by atoms with E-state index in [1.54, 1.807) is 11.8 Å². The molecule has 0 atom stereocenters. The molecule has 0 bridgehead atoms. The second-order valence-electron chi connectivity index (χ2n) is 8.41. The number of amides is 1. The number of nitrogens with one attached hydrogen (secondary N) is 1. The number of rotatable bonds is 7. The molecule has 1 amide bonds. The summed E-state index contributed by atoms with van der Waals surface area (Å²) in [6.45, 7) is 13.3. The lowest BCUT2D eigenvalue weighted by Gasteiger charge is -2.36. The SMILES string of the molecule is CCN(CC)C(=O)c1sc(NC(=S)N2CCN(Cc3ccc(C)cc3)CC2)c(C(=O)OC)c1C. The van der Waals surface area contributed by atoms with Gasteiger partial charge in [0.05, 0.1) is 17.6 Å². The van der Waals surface area contributed by atoms with E-state index < -0.39 is 5.97 Å². The Hall–Kier alpha value is -2.49. The molecule has 2 heterocycles. The number of piperazine rings is 1. The lowest BCUT2D eigenvalue weighted by molar-refractivity contribution is 0.0601. The van der Waals surface area contributed by atoms with Crippen molar-refractivity contribution in [3.63, 3.8) is 0 Å². The summed E-state index contributed by atoms with van der Waals surface area (Å²) in [5.41, 5.74) is 3.58. The summed E-state index contributed by atoms with van der Waals surface area (Å²) in [6.07, 6.45) is 0. The van der Waals surface area contributed by atoms with Crippen LogP contribution in [0.15, 0.2) is 24.3 Å². The smallest absolute Gasteiger partial charge is 0.341 e. The van der Waals surface area contributed by atoms with Crippen molar-refractivity contribution in [3.05, 3.63) is 51.4 Å². The summed E-state index contributed by atoms with van der Waals surface area (Å²) < 4.78 is 5.01. The molecule has 2 aromatic rings. The predicted molar refractivity (Wildman–Crippen MR) is 142 cm³/mol. The van der Waals surface area contributed by atoms with Crippen molar-refractivity contribution in [1.29, 1.82) is 0 Å². The van der Waals surface area contributed by atoms with E-state index in [2.05, 4.69) is 46.3 Å². The van der Waals surface area contributed by atoms with Crippen molar-refractivity contribution in [2.24, 2.45) is 0 Å². The molecule has 0 saturated carbocycles. The Kier molecular flexibility index (Phi) is 9.04. The summed E-state index contributed by atoms with van der Waals surface area (Å²) >= 11 is 6.96. The zero-order valence-electron chi connectivity index (χ0n) is 20.6. The summed E-state index contributed by atoms with van der Waals surface area (Å²) in [5.74, 6) is -0.554. The van der Waals surface area contributed by atoms with Gasteiger partial charge in [-0.05, 0) is 51.0 Å². The molecule has 0 unspecified atom stereocenters. The minimum absolute atomic E-state index is 0.0821. The second kappa shape index (κ2) is 11.8. The molecule has 1 aromatic heterocycles. The number of aryl methyl sites for hydroxylation is 1. The van der Waals surface area contributed by atoms with Gasteiger partial charge in [-0.15, -0.1) is 11.3 Å². The van der Waals surface area contributed by atoms with Gasteiger partial charge >= 0.3 is 5.97 Å². The monoisotopic (exact) mass is 502 g/mol. The van der Waals surface area contributed by atoms with Crippen LogP contribution in [0.4, 0.5) is 5.00 Å². The number of anilines is 1. The Morgan fingerprint density at radius 1 is 1.09 bits per heavy atom. The molecular weight excluding hydrogens is 468 g/mol. The Labute approximate surface area is 211 Å².